The van der Waals surface area contributed by atoms with Crippen molar-refractivity contribution in [1.82, 2.24) is 10.6 Å². The Bertz CT molecular complexity index is 1040. The lowest BCUT2D eigenvalue weighted by molar-refractivity contribution is -0.142. The van der Waals surface area contributed by atoms with Crippen LogP contribution in [0.1, 0.15) is 63.0 Å². The van der Waals surface area contributed by atoms with Gasteiger partial charge in [-0.25, -0.2) is 4.79 Å². The van der Waals surface area contributed by atoms with Crippen molar-refractivity contribution in [2.45, 2.75) is 63.5 Å². The highest BCUT2D eigenvalue weighted by molar-refractivity contribution is 5.90. The summed E-state index contributed by atoms with van der Waals surface area (Å²) in [5.74, 6) is -1.94. The number of alkyl carbamates (subject to hydrolysis) is 1. The van der Waals surface area contributed by atoms with Crippen LogP contribution >= 0.6 is 0 Å². The van der Waals surface area contributed by atoms with Gasteiger partial charge in [-0.15, -0.1) is 0 Å². The van der Waals surface area contributed by atoms with Crippen molar-refractivity contribution in [3.8, 4) is 11.1 Å². The molecule has 2 aromatic carbocycles. The lowest BCUT2D eigenvalue weighted by Crippen LogP contribution is -2.59. The second kappa shape index (κ2) is 9.87. The number of carbonyl (C=O) groups is 3. The Balaban J connectivity index is 1.42. The third kappa shape index (κ3) is 4.65. The third-order valence-electron chi connectivity index (χ3n) is 7.12. The summed E-state index contributed by atoms with van der Waals surface area (Å²) >= 11 is 0. The minimum absolute atomic E-state index is 0.0702. The monoisotopic (exact) mass is 464 g/mol. The van der Waals surface area contributed by atoms with Crippen molar-refractivity contribution >= 4 is 18.0 Å². The van der Waals surface area contributed by atoms with E-state index in [0.29, 0.717) is 25.7 Å². The first-order chi connectivity index (χ1) is 16.3. The molecule has 2 aromatic rings. The lowest BCUT2D eigenvalue weighted by Gasteiger charge is -2.31. The van der Waals surface area contributed by atoms with Crippen LogP contribution in [0.15, 0.2) is 48.5 Å². The summed E-state index contributed by atoms with van der Waals surface area (Å²) in [5, 5.41) is 15.1. The van der Waals surface area contributed by atoms with E-state index < -0.39 is 29.6 Å². The highest BCUT2D eigenvalue weighted by Crippen LogP contribution is 2.44. The summed E-state index contributed by atoms with van der Waals surface area (Å²) in [7, 11) is 0. The summed E-state index contributed by atoms with van der Waals surface area (Å²) in [4.78, 5) is 37.4. The van der Waals surface area contributed by atoms with E-state index in [-0.39, 0.29) is 18.4 Å². The van der Waals surface area contributed by atoms with Crippen molar-refractivity contribution in [2.24, 2.45) is 5.92 Å². The fourth-order valence-corrected chi connectivity index (χ4v) is 5.35. The molecule has 0 saturated heterocycles. The van der Waals surface area contributed by atoms with Crippen LogP contribution in [0.25, 0.3) is 11.1 Å². The van der Waals surface area contributed by atoms with Gasteiger partial charge in [-0.05, 0) is 48.4 Å². The van der Waals surface area contributed by atoms with Crippen LogP contribution in [-0.4, -0.2) is 41.3 Å². The SMILES string of the molecule is CCCC(C)(NC(=O)OCC1c2ccccc2-c2ccccc21)C(=O)N[C@@H]1CCC[C@@H]1C(=O)O. The second-order valence-electron chi connectivity index (χ2n) is 9.49. The van der Waals surface area contributed by atoms with Crippen LogP contribution in [0.3, 0.4) is 0 Å². The minimum atomic E-state index is -1.19. The zero-order chi connectivity index (χ0) is 24.3. The predicted molar refractivity (Wildman–Crippen MR) is 128 cm³/mol. The molecule has 34 heavy (non-hydrogen) atoms. The van der Waals surface area contributed by atoms with Crippen LogP contribution in [0.2, 0.25) is 0 Å². The van der Waals surface area contributed by atoms with Crippen molar-refractivity contribution in [1.29, 1.82) is 0 Å². The Morgan fingerprint density at radius 1 is 1.03 bits per heavy atom. The second-order valence-corrected chi connectivity index (χ2v) is 9.49. The number of nitrogens with one attached hydrogen (secondary N) is 2. The van der Waals surface area contributed by atoms with Gasteiger partial charge in [0.05, 0.1) is 5.92 Å². The van der Waals surface area contributed by atoms with E-state index in [2.05, 4.69) is 34.9 Å². The Morgan fingerprint density at radius 3 is 2.24 bits per heavy atom. The normalized spacial score (nSPS) is 20.6. The molecular weight excluding hydrogens is 432 g/mol. The van der Waals surface area contributed by atoms with Crippen LogP contribution < -0.4 is 10.6 Å². The molecule has 0 aromatic heterocycles. The van der Waals surface area contributed by atoms with Crippen LogP contribution in [-0.2, 0) is 14.3 Å². The number of hydrogen-bond acceptors (Lipinski definition) is 4. The topological polar surface area (TPSA) is 105 Å². The first-order valence-corrected chi connectivity index (χ1v) is 12.0. The molecule has 1 saturated carbocycles. The van der Waals surface area contributed by atoms with Crippen molar-refractivity contribution in [3.63, 3.8) is 0 Å². The van der Waals surface area contributed by atoms with E-state index in [9.17, 15) is 19.5 Å². The standard InChI is InChI=1S/C27H32N2O5/c1-3-15-27(2,25(32)28-23-14-8-13-21(23)24(30)31)29-26(33)34-16-22-19-11-6-4-9-17(19)18-10-5-7-12-20(18)22/h4-7,9-12,21-23H,3,8,13-16H2,1-2H3,(H,28,32)(H,29,33)(H,30,31)/t21-,23+,27?/m0/s1. The highest BCUT2D eigenvalue weighted by atomic mass is 16.5. The van der Waals surface area contributed by atoms with E-state index in [1.165, 1.54) is 0 Å². The lowest BCUT2D eigenvalue weighted by atomic mass is 9.93. The zero-order valence-corrected chi connectivity index (χ0v) is 19.7. The molecule has 0 heterocycles. The molecule has 0 bridgehead atoms. The number of ether oxygens (including phenoxy) is 1. The van der Waals surface area contributed by atoms with Gasteiger partial charge in [0.1, 0.15) is 12.1 Å². The highest BCUT2D eigenvalue weighted by Gasteiger charge is 2.40. The molecular formula is C27H32N2O5. The Labute approximate surface area is 199 Å². The molecule has 3 N–H and O–H groups in total. The Hall–Kier alpha value is -3.35. The van der Waals surface area contributed by atoms with Gasteiger partial charge in [-0.1, -0.05) is 68.3 Å². The first kappa shape index (κ1) is 23.8. The molecule has 0 radical (unpaired) electrons. The van der Waals surface area contributed by atoms with Gasteiger partial charge in [-0.3, -0.25) is 9.59 Å². The molecule has 7 heteroatoms. The fourth-order valence-electron chi connectivity index (χ4n) is 5.35. The number of aliphatic carboxylic acids is 1. The smallest absolute Gasteiger partial charge is 0.408 e. The van der Waals surface area contributed by atoms with Gasteiger partial charge >= 0.3 is 12.1 Å². The summed E-state index contributed by atoms with van der Waals surface area (Å²) in [6, 6.07) is 15.8. The maximum absolute atomic E-state index is 13.1. The average Bonchev–Trinajstić information content (AvgIpc) is 3.40. The van der Waals surface area contributed by atoms with Crippen LogP contribution in [0.4, 0.5) is 4.79 Å². The van der Waals surface area contributed by atoms with Crippen LogP contribution in [0.5, 0.6) is 0 Å². The van der Waals surface area contributed by atoms with E-state index in [1.807, 2.05) is 31.2 Å². The van der Waals surface area contributed by atoms with Crippen molar-refractivity contribution < 1.29 is 24.2 Å². The van der Waals surface area contributed by atoms with Crippen molar-refractivity contribution in [3.05, 3.63) is 59.7 Å². The molecule has 3 atom stereocenters. The number of fused-ring (bicyclic) bond motifs is 3. The molecule has 2 aliphatic rings. The minimum Gasteiger partial charge on any atom is -0.481 e. The molecule has 4 rings (SSSR count). The van der Waals surface area contributed by atoms with E-state index in [4.69, 9.17) is 4.74 Å². The van der Waals surface area contributed by atoms with E-state index in [0.717, 1.165) is 28.7 Å². The molecule has 0 spiro atoms. The summed E-state index contributed by atoms with van der Waals surface area (Å²) in [6.07, 6.45) is 2.34. The quantitative estimate of drug-likeness (QED) is 0.535. The number of rotatable bonds is 8. The summed E-state index contributed by atoms with van der Waals surface area (Å²) in [5.41, 5.74) is 3.33. The largest absolute Gasteiger partial charge is 0.481 e. The Kier molecular flexibility index (Phi) is 6.91. The maximum Gasteiger partial charge on any atom is 0.408 e. The number of carboxylic acid groups (broad SMARTS) is 1. The summed E-state index contributed by atoms with van der Waals surface area (Å²) < 4.78 is 5.64. The molecule has 1 fully saturated rings. The molecule has 2 aliphatic carbocycles. The fraction of sp³-hybridized carbons (Fsp3) is 0.444. The first-order valence-electron chi connectivity index (χ1n) is 12.0. The van der Waals surface area contributed by atoms with Gasteiger partial charge in [-0.2, -0.15) is 0 Å². The van der Waals surface area contributed by atoms with E-state index in [1.54, 1.807) is 6.92 Å². The average molecular weight is 465 g/mol. The third-order valence-corrected chi connectivity index (χ3v) is 7.12. The predicted octanol–water partition coefficient (Wildman–Crippen LogP) is 4.45. The van der Waals surface area contributed by atoms with E-state index >= 15 is 0 Å². The summed E-state index contributed by atoms with van der Waals surface area (Å²) in [6.45, 7) is 3.76. The van der Waals surface area contributed by atoms with Crippen molar-refractivity contribution in [2.75, 3.05) is 6.61 Å². The number of carboxylic acids is 1. The zero-order valence-electron chi connectivity index (χ0n) is 19.7. The van der Waals surface area contributed by atoms with Gasteiger partial charge < -0.3 is 20.5 Å². The number of benzene rings is 2. The number of carbonyl (C=O) groups excluding carboxylic acids is 2. The van der Waals surface area contributed by atoms with Crippen LogP contribution in [0, 0.1) is 5.92 Å². The molecule has 1 unspecified atom stereocenters. The molecule has 180 valence electrons. The maximum atomic E-state index is 13.1. The van der Waals surface area contributed by atoms with Gasteiger partial charge in [0, 0.05) is 12.0 Å². The van der Waals surface area contributed by atoms with Gasteiger partial charge in [0.2, 0.25) is 5.91 Å². The number of amides is 2. The van der Waals surface area contributed by atoms with Gasteiger partial charge in [0.25, 0.3) is 0 Å². The Morgan fingerprint density at radius 2 is 1.65 bits per heavy atom. The molecule has 0 aliphatic heterocycles. The number of hydrogen-bond donors (Lipinski definition) is 3. The molecule has 2 amide bonds. The van der Waals surface area contributed by atoms with Gasteiger partial charge in [0.15, 0.2) is 0 Å². The molecule has 7 nitrogen and oxygen atoms in total.